The third-order valence-electron chi connectivity index (χ3n) is 5.33. The topological polar surface area (TPSA) is 13.7 Å². The zero-order valence-corrected chi connectivity index (χ0v) is 15.6. The number of rotatable bonds is 4. The lowest BCUT2D eigenvalue weighted by Gasteiger charge is -2.49. The molecule has 0 radical (unpaired) electrons. The summed E-state index contributed by atoms with van der Waals surface area (Å²) in [6.45, 7) is 1.78. The predicted molar refractivity (Wildman–Crippen MR) is 93.4 cm³/mol. The molecule has 0 saturated carbocycles. The summed E-state index contributed by atoms with van der Waals surface area (Å²) in [5.74, 6) is 0.463. The summed E-state index contributed by atoms with van der Waals surface area (Å²) < 4.78 is 6.60. The number of nitrogens with one attached hydrogen (secondary N) is 1. The molecule has 0 heterocycles. The first-order valence-electron chi connectivity index (χ1n) is 8.44. The number of benzene rings is 2. The van der Waals surface area contributed by atoms with E-state index < -0.39 is 0 Å². The van der Waals surface area contributed by atoms with Crippen molar-refractivity contribution in [1.29, 1.82) is 0 Å². The number of fused-ring (bicyclic) bond motifs is 1. The van der Waals surface area contributed by atoms with E-state index in [-0.39, 0.29) is 18.0 Å². The van der Waals surface area contributed by atoms with Crippen molar-refractivity contribution in [3.05, 3.63) is 69.7 Å². The van der Waals surface area contributed by atoms with Crippen molar-refractivity contribution >= 4 is 11.6 Å². The molecule has 1 N–H and O–H groups in total. The van der Waals surface area contributed by atoms with Crippen LogP contribution in [0.4, 0.5) is 0 Å². The molecule has 2 unspecified atom stereocenters. The lowest BCUT2D eigenvalue weighted by Crippen LogP contribution is -3.06. The molecule has 5 rings (SSSR count). The maximum atomic E-state index is 6.60. The van der Waals surface area contributed by atoms with Crippen molar-refractivity contribution in [3.8, 4) is 0 Å². The zero-order valence-electron chi connectivity index (χ0n) is 14.1. The largest absolute Gasteiger partial charge is 1.00 e. The fraction of sp³-hybridized carbons (Fsp3) is 0.400. The van der Waals surface area contributed by atoms with Crippen molar-refractivity contribution in [1.82, 2.24) is 0 Å². The first-order chi connectivity index (χ1) is 11.1. The highest BCUT2D eigenvalue weighted by Gasteiger charge is 2.49. The highest BCUT2D eigenvalue weighted by atomic mass is 35.5. The van der Waals surface area contributed by atoms with E-state index >= 15 is 0 Å². The molecule has 24 heavy (non-hydrogen) atoms. The minimum Gasteiger partial charge on any atom is -1.00 e. The molecule has 0 aromatic heterocycles. The molecule has 3 aliphatic carbocycles. The van der Waals surface area contributed by atoms with Gasteiger partial charge >= 0.3 is 0 Å². The lowest BCUT2D eigenvalue weighted by molar-refractivity contribution is -0.859. The van der Waals surface area contributed by atoms with Gasteiger partial charge in [-0.3, -0.25) is 0 Å². The minimum atomic E-state index is -0.291. The Balaban J connectivity index is 0.00000169. The summed E-state index contributed by atoms with van der Waals surface area (Å²) in [4.78, 5) is 1.41. The number of ether oxygens (including phenoxy) is 1. The van der Waals surface area contributed by atoms with Crippen LogP contribution in [-0.4, -0.2) is 27.2 Å². The Kier molecular flexibility index (Phi) is 4.94. The maximum Gasteiger partial charge on any atom is 0.119 e. The van der Waals surface area contributed by atoms with E-state index in [1.54, 1.807) is 0 Å². The number of hydrogen-bond donors (Lipinski definition) is 1. The fourth-order valence-electron chi connectivity index (χ4n) is 4.26. The normalized spacial score (nSPS) is 23.6. The molecular formula is C20H23Cl2NO. The van der Waals surface area contributed by atoms with Gasteiger partial charge in [0.2, 0.25) is 0 Å². The third-order valence-corrected chi connectivity index (χ3v) is 5.57. The molecule has 0 aliphatic heterocycles. The molecule has 0 spiro atoms. The number of likely N-dealkylation sites (N-methyl/N-ethyl adjacent to an activating group) is 1. The van der Waals surface area contributed by atoms with Gasteiger partial charge in [-0.05, 0) is 47.2 Å². The summed E-state index contributed by atoms with van der Waals surface area (Å²) in [5.41, 5.74) is 5.18. The molecule has 2 atom stereocenters. The summed E-state index contributed by atoms with van der Waals surface area (Å²) in [6, 6.07) is 15.1. The van der Waals surface area contributed by atoms with Crippen LogP contribution in [0.15, 0.2) is 42.5 Å². The standard InChI is InChI=1S/C20H22ClNO.ClH/c1-22(2)11-12-23-20-10-9-15(16-5-3-4-6-18(16)20)17-13-14(21)7-8-19(17)20;/h3-8,13,15H,9-12H2,1-2H3;1H. The van der Waals surface area contributed by atoms with Crippen LogP contribution in [0.1, 0.15) is 41.0 Å². The Labute approximate surface area is 155 Å². The number of hydrogen-bond acceptors (Lipinski definition) is 1. The smallest absolute Gasteiger partial charge is 0.119 e. The molecule has 2 aromatic rings. The van der Waals surface area contributed by atoms with E-state index in [2.05, 4.69) is 50.5 Å². The molecule has 0 saturated heterocycles. The number of quaternary nitrogens is 1. The van der Waals surface area contributed by atoms with E-state index in [0.717, 1.165) is 31.0 Å². The van der Waals surface area contributed by atoms with E-state index in [4.69, 9.17) is 16.3 Å². The average Bonchev–Trinajstić information content (AvgIpc) is 2.55. The SMILES string of the molecule is C[NH+](C)CCOC12CCC(c3ccccc31)c1cc(Cl)ccc12.[Cl-]. The van der Waals surface area contributed by atoms with Crippen LogP contribution in [0.25, 0.3) is 0 Å². The van der Waals surface area contributed by atoms with Crippen LogP contribution < -0.4 is 17.3 Å². The summed E-state index contributed by atoms with van der Waals surface area (Å²) in [5, 5.41) is 0.821. The van der Waals surface area contributed by atoms with Gasteiger partial charge in [0.15, 0.2) is 0 Å². The molecule has 0 fully saturated rings. The molecule has 2 aromatic carbocycles. The van der Waals surface area contributed by atoms with Crippen molar-refractivity contribution in [2.45, 2.75) is 24.4 Å². The molecule has 0 amide bonds. The van der Waals surface area contributed by atoms with E-state index in [1.807, 2.05) is 6.07 Å². The minimum absolute atomic E-state index is 0. The van der Waals surface area contributed by atoms with Crippen LogP contribution in [0.2, 0.25) is 5.02 Å². The third kappa shape index (κ3) is 2.66. The van der Waals surface area contributed by atoms with Gasteiger partial charge in [0.25, 0.3) is 0 Å². The van der Waals surface area contributed by atoms with Crippen LogP contribution in [-0.2, 0) is 10.3 Å². The number of halogens is 2. The first kappa shape index (κ1) is 17.8. The van der Waals surface area contributed by atoms with Crippen molar-refractivity contribution in [3.63, 3.8) is 0 Å². The van der Waals surface area contributed by atoms with Gasteiger partial charge in [0.05, 0.1) is 20.7 Å². The second-order valence-corrected chi connectivity index (χ2v) is 7.48. The Morgan fingerprint density at radius 2 is 1.88 bits per heavy atom. The van der Waals surface area contributed by atoms with Gasteiger partial charge in [-0.1, -0.05) is 41.9 Å². The molecule has 4 heteroatoms. The average molecular weight is 364 g/mol. The highest BCUT2D eigenvalue weighted by Crippen LogP contribution is 2.57. The van der Waals surface area contributed by atoms with Gasteiger partial charge in [-0.2, -0.15) is 0 Å². The Morgan fingerprint density at radius 1 is 1.12 bits per heavy atom. The Hall–Kier alpha value is -1.06. The van der Waals surface area contributed by atoms with Crippen molar-refractivity contribution < 1.29 is 22.0 Å². The highest BCUT2D eigenvalue weighted by molar-refractivity contribution is 6.30. The van der Waals surface area contributed by atoms with Gasteiger partial charge < -0.3 is 22.0 Å². The van der Waals surface area contributed by atoms with E-state index in [9.17, 15) is 0 Å². The van der Waals surface area contributed by atoms with Gasteiger partial charge in [-0.25, -0.2) is 0 Å². The van der Waals surface area contributed by atoms with Crippen LogP contribution in [0.5, 0.6) is 0 Å². The summed E-state index contributed by atoms with van der Waals surface area (Å²) in [7, 11) is 4.33. The quantitative estimate of drug-likeness (QED) is 0.806. The van der Waals surface area contributed by atoms with Crippen LogP contribution >= 0.6 is 11.6 Å². The Morgan fingerprint density at radius 3 is 2.67 bits per heavy atom. The molecule has 128 valence electrons. The van der Waals surface area contributed by atoms with Crippen LogP contribution in [0, 0.1) is 0 Å². The predicted octanol–water partition coefficient (Wildman–Crippen LogP) is -0.0122. The van der Waals surface area contributed by atoms with Gasteiger partial charge in [-0.15, -0.1) is 0 Å². The summed E-state index contributed by atoms with van der Waals surface area (Å²) in [6.07, 6.45) is 2.20. The van der Waals surface area contributed by atoms with Crippen LogP contribution in [0.3, 0.4) is 0 Å². The lowest BCUT2D eigenvalue weighted by atomic mass is 9.61. The van der Waals surface area contributed by atoms with Gasteiger partial charge in [0, 0.05) is 10.9 Å². The fourth-order valence-corrected chi connectivity index (χ4v) is 4.44. The molecule has 2 nitrogen and oxygen atoms in total. The first-order valence-corrected chi connectivity index (χ1v) is 8.82. The summed E-state index contributed by atoms with van der Waals surface area (Å²) >= 11 is 6.29. The molecule has 3 aliphatic rings. The van der Waals surface area contributed by atoms with E-state index in [0.29, 0.717) is 5.92 Å². The zero-order chi connectivity index (χ0) is 16.0. The van der Waals surface area contributed by atoms with E-state index in [1.165, 1.54) is 27.2 Å². The molecular weight excluding hydrogens is 341 g/mol. The maximum absolute atomic E-state index is 6.60. The van der Waals surface area contributed by atoms with Crippen molar-refractivity contribution in [2.24, 2.45) is 0 Å². The Bertz CT molecular complexity index is 746. The molecule has 2 bridgehead atoms. The second-order valence-electron chi connectivity index (χ2n) is 7.04. The monoisotopic (exact) mass is 363 g/mol. The second kappa shape index (κ2) is 6.68. The van der Waals surface area contributed by atoms with Crippen molar-refractivity contribution in [2.75, 3.05) is 27.2 Å². The van der Waals surface area contributed by atoms with Gasteiger partial charge in [0.1, 0.15) is 12.1 Å².